The second-order valence-corrected chi connectivity index (χ2v) is 8.84. The summed E-state index contributed by atoms with van der Waals surface area (Å²) in [7, 11) is 1.42. The fourth-order valence-electron chi connectivity index (χ4n) is 3.67. The molecule has 0 N–H and O–H groups in total. The van der Waals surface area contributed by atoms with Gasteiger partial charge in [0.15, 0.2) is 0 Å². The Bertz CT molecular complexity index is 959. The van der Waals surface area contributed by atoms with Gasteiger partial charge in [-0.3, -0.25) is 9.48 Å². The lowest BCUT2D eigenvalue weighted by Gasteiger charge is -2.41. The van der Waals surface area contributed by atoms with E-state index >= 15 is 0 Å². The van der Waals surface area contributed by atoms with Crippen LogP contribution in [-0.4, -0.2) is 50.0 Å². The summed E-state index contributed by atoms with van der Waals surface area (Å²) >= 11 is 0. The van der Waals surface area contributed by atoms with Crippen LogP contribution >= 0.6 is 0 Å². The van der Waals surface area contributed by atoms with Crippen molar-refractivity contribution in [3.8, 4) is 0 Å². The molecule has 7 nitrogen and oxygen atoms in total. The van der Waals surface area contributed by atoms with Gasteiger partial charge in [-0.2, -0.15) is 19.0 Å². The Morgan fingerprint density at radius 3 is 2.38 bits per heavy atom. The SMILES string of the molecule is Cn1ccc(C(F)(F)C(=O)N(F)[C@@H]2CCN(C(=O)OC(C)(C)C)[C@H](c3ccccc3)C2)n1. The summed E-state index contributed by atoms with van der Waals surface area (Å²) in [6.45, 7) is 5.24. The van der Waals surface area contributed by atoms with E-state index in [-0.39, 0.29) is 19.4 Å². The number of aryl methyl sites for hydroxylation is 1. The molecule has 2 heterocycles. The molecule has 2 aromatic rings. The standard InChI is InChI=1S/C22H27F3N4O3/c1-21(2,3)32-20(31)28-13-10-16(14-17(28)15-8-6-5-7-9-15)29(25)19(30)22(23,24)18-11-12-27(4)26-18/h5-9,11-12,16-17H,10,13-14H2,1-4H3/t16-,17+/m1/s1. The van der Waals surface area contributed by atoms with Crippen LogP contribution in [0.4, 0.5) is 18.1 Å². The number of piperidine rings is 1. The Balaban J connectivity index is 1.82. The molecule has 1 aliphatic rings. The highest BCUT2D eigenvalue weighted by molar-refractivity contribution is 5.83. The van der Waals surface area contributed by atoms with Crippen LogP contribution in [-0.2, 0) is 22.5 Å². The molecule has 1 fully saturated rings. The first-order valence-electron chi connectivity index (χ1n) is 10.3. The molecule has 2 atom stereocenters. The van der Waals surface area contributed by atoms with Crippen molar-refractivity contribution in [1.82, 2.24) is 19.8 Å². The summed E-state index contributed by atoms with van der Waals surface area (Å²) in [5.74, 6) is -6.08. The van der Waals surface area contributed by atoms with Crippen molar-refractivity contribution in [2.24, 2.45) is 7.05 Å². The quantitative estimate of drug-likeness (QED) is 0.647. The highest BCUT2D eigenvalue weighted by Crippen LogP contribution is 2.37. The van der Waals surface area contributed by atoms with Gasteiger partial charge in [0.05, 0.1) is 12.1 Å². The van der Waals surface area contributed by atoms with E-state index < -0.39 is 46.4 Å². The van der Waals surface area contributed by atoms with E-state index in [1.807, 2.05) is 0 Å². The first-order valence-corrected chi connectivity index (χ1v) is 10.3. The summed E-state index contributed by atoms with van der Waals surface area (Å²) in [6.07, 6.45) is 0.608. The maximum atomic E-state index is 15.0. The van der Waals surface area contributed by atoms with Crippen LogP contribution in [0, 0.1) is 0 Å². The number of ether oxygens (including phenoxy) is 1. The van der Waals surface area contributed by atoms with Crippen molar-refractivity contribution in [1.29, 1.82) is 0 Å². The number of alkyl halides is 2. The van der Waals surface area contributed by atoms with Gasteiger partial charge in [0.2, 0.25) is 0 Å². The predicted octanol–water partition coefficient (Wildman–Crippen LogP) is 4.37. The Hall–Kier alpha value is -3.04. The van der Waals surface area contributed by atoms with Crippen molar-refractivity contribution >= 4 is 12.0 Å². The van der Waals surface area contributed by atoms with Crippen molar-refractivity contribution in [3.05, 3.63) is 53.9 Å². The molecule has 0 spiro atoms. The molecule has 0 radical (unpaired) electrons. The van der Waals surface area contributed by atoms with Crippen LogP contribution in [0.25, 0.3) is 0 Å². The molecule has 0 unspecified atom stereocenters. The monoisotopic (exact) mass is 452 g/mol. The average molecular weight is 452 g/mol. The Morgan fingerprint density at radius 1 is 1.16 bits per heavy atom. The molecule has 174 valence electrons. The highest BCUT2D eigenvalue weighted by atomic mass is 19.3. The first-order chi connectivity index (χ1) is 14.9. The number of carbonyl (C=O) groups is 2. The summed E-state index contributed by atoms with van der Waals surface area (Å²) in [6, 6.07) is 8.04. The normalized spacial score (nSPS) is 19.5. The van der Waals surface area contributed by atoms with Gasteiger partial charge in [-0.15, -0.1) is 0 Å². The van der Waals surface area contributed by atoms with Gasteiger partial charge in [0.25, 0.3) is 0 Å². The predicted molar refractivity (Wildman–Crippen MR) is 110 cm³/mol. The fraction of sp³-hybridized carbons (Fsp3) is 0.500. The lowest BCUT2D eigenvalue weighted by atomic mass is 9.91. The minimum absolute atomic E-state index is 0.0108. The van der Waals surface area contributed by atoms with Gasteiger partial charge in [-0.05, 0) is 45.2 Å². The third-order valence-electron chi connectivity index (χ3n) is 5.21. The number of amides is 2. The molecule has 3 rings (SSSR count). The van der Waals surface area contributed by atoms with Gasteiger partial charge in [0, 0.05) is 19.8 Å². The lowest BCUT2D eigenvalue weighted by Crippen LogP contribution is -2.51. The molecule has 1 saturated heterocycles. The smallest absolute Gasteiger partial charge is 0.410 e. The fourth-order valence-corrected chi connectivity index (χ4v) is 3.67. The largest absolute Gasteiger partial charge is 0.444 e. The number of carbonyl (C=O) groups excluding carboxylic acids is 2. The molecule has 0 aliphatic carbocycles. The van der Waals surface area contributed by atoms with E-state index in [0.717, 1.165) is 10.7 Å². The van der Waals surface area contributed by atoms with Gasteiger partial charge >= 0.3 is 17.9 Å². The number of benzene rings is 1. The van der Waals surface area contributed by atoms with Crippen LogP contribution in [0.1, 0.15) is 50.9 Å². The van der Waals surface area contributed by atoms with Gasteiger partial charge in [0.1, 0.15) is 11.3 Å². The zero-order chi connectivity index (χ0) is 23.7. The molecule has 1 aromatic heterocycles. The maximum absolute atomic E-state index is 15.0. The number of aromatic nitrogens is 2. The minimum atomic E-state index is -4.11. The molecular weight excluding hydrogens is 425 g/mol. The van der Waals surface area contributed by atoms with Gasteiger partial charge in [-0.25, -0.2) is 4.79 Å². The van der Waals surface area contributed by atoms with E-state index in [1.165, 1.54) is 18.1 Å². The average Bonchev–Trinajstić information content (AvgIpc) is 3.19. The maximum Gasteiger partial charge on any atom is 0.410 e. The zero-order valence-corrected chi connectivity index (χ0v) is 18.5. The minimum Gasteiger partial charge on any atom is -0.444 e. The van der Waals surface area contributed by atoms with E-state index in [1.54, 1.807) is 51.1 Å². The lowest BCUT2D eigenvalue weighted by molar-refractivity contribution is -0.184. The number of nitrogens with zero attached hydrogens (tertiary/aromatic N) is 4. The van der Waals surface area contributed by atoms with E-state index in [9.17, 15) is 22.9 Å². The summed E-state index contributed by atoms with van der Waals surface area (Å²) < 4.78 is 50.8. The van der Waals surface area contributed by atoms with Crippen molar-refractivity contribution in [2.45, 2.75) is 57.2 Å². The number of hydrogen-bond donors (Lipinski definition) is 0. The van der Waals surface area contributed by atoms with Crippen LogP contribution in [0.2, 0.25) is 0 Å². The van der Waals surface area contributed by atoms with Crippen LogP contribution in [0.15, 0.2) is 42.6 Å². The van der Waals surface area contributed by atoms with Crippen molar-refractivity contribution < 1.29 is 27.6 Å². The summed E-state index contributed by atoms with van der Waals surface area (Å²) in [5.41, 5.74) is -0.860. The molecule has 1 aromatic carbocycles. The second kappa shape index (κ2) is 8.84. The number of halogens is 3. The van der Waals surface area contributed by atoms with E-state index in [4.69, 9.17) is 4.74 Å². The Labute approximate surface area is 184 Å². The number of likely N-dealkylation sites (tertiary alicyclic amines) is 1. The Morgan fingerprint density at radius 2 is 1.81 bits per heavy atom. The van der Waals surface area contributed by atoms with Crippen molar-refractivity contribution in [3.63, 3.8) is 0 Å². The molecule has 0 bridgehead atoms. The summed E-state index contributed by atoms with van der Waals surface area (Å²) in [5, 5.41) is 3.14. The van der Waals surface area contributed by atoms with E-state index in [2.05, 4.69) is 5.10 Å². The summed E-state index contributed by atoms with van der Waals surface area (Å²) in [4.78, 5) is 26.6. The molecule has 1 aliphatic heterocycles. The third kappa shape index (κ3) is 5.05. The second-order valence-electron chi connectivity index (χ2n) is 8.84. The van der Waals surface area contributed by atoms with Gasteiger partial charge in [-0.1, -0.05) is 34.8 Å². The van der Waals surface area contributed by atoms with Crippen LogP contribution < -0.4 is 0 Å². The molecule has 2 amide bonds. The third-order valence-corrected chi connectivity index (χ3v) is 5.21. The Kier molecular flexibility index (Phi) is 6.52. The topological polar surface area (TPSA) is 67.7 Å². The van der Waals surface area contributed by atoms with Crippen LogP contribution in [0.3, 0.4) is 0 Å². The molecular formula is C22H27F3N4O3. The zero-order valence-electron chi connectivity index (χ0n) is 18.5. The number of rotatable bonds is 4. The molecule has 0 saturated carbocycles. The first kappa shape index (κ1) is 23.6. The molecule has 32 heavy (non-hydrogen) atoms. The van der Waals surface area contributed by atoms with Crippen molar-refractivity contribution in [2.75, 3.05) is 6.54 Å². The van der Waals surface area contributed by atoms with Gasteiger partial charge < -0.3 is 9.64 Å². The molecule has 10 heteroatoms. The number of hydrogen-bond acceptors (Lipinski definition) is 4. The highest BCUT2D eigenvalue weighted by Gasteiger charge is 2.50. The van der Waals surface area contributed by atoms with Crippen LogP contribution in [0.5, 0.6) is 0 Å². The van der Waals surface area contributed by atoms with E-state index in [0.29, 0.717) is 5.56 Å².